The smallest absolute Gasteiger partial charge is 0.227 e. The highest BCUT2D eigenvalue weighted by molar-refractivity contribution is 5.96. The predicted molar refractivity (Wildman–Crippen MR) is 104 cm³/mol. The SMILES string of the molecule is O=C(Nc1ccc2nc(NC3CCc4cccc(F)c43)ccc2c1)C1CC1. The maximum atomic E-state index is 14.2. The molecule has 27 heavy (non-hydrogen) atoms. The van der Waals surface area contributed by atoms with Gasteiger partial charge in [-0.2, -0.15) is 0 Å². The molecule has 1 atom stereocenters. The first-order valence-electron chi connectivity index (χ1n) is 9.43. The summed E-state index contributed by atoms with van der Waals surface area (Å²) in [5.41, 5.74) is 3.48. The number of carbonyl (C=O) groups excluding carboxylic acids is 1. The van der Waals surface area contributed by atoms with Crippen LogP contribution in [0.1, 0.15) is 36.4 Å². The van der Waals surface area contributed by atoms with E-state index >= 15 is 0 Å². The van der Waals surface area contributed by atoms with Crippen molar-refractivity contribution in [3.05, 3.63) is 65.5 Å². The van der Waals surface area contributed by atoms with Crippen molar-refractivity contribution in [2.75, 3.05) is 10.6 Å². The van der Waals surface area contributed by atoms with Gasteiger partial charge in [-0.3, -0.25) is 4.79 Å². The Kier molecular flexibility index (Phi) is 3.81. The fraction of sp³-hybridized carbons (Fsp3) is 0.273. The Balaban J connectivity index is 1.37. The second kappa shape index (κ2) is 6.34. The van der Waals surface area contributed by atoms with Crippen LogP contribution in [0.3, 0.4) is 0 Å². The monoisotopic (exact) mass is 361 g/mol. The van der Waals surface area contributed by atoms with Crippen LogP contribution in [0.5, 0.6) is 0 Å². The molecule has 1 aromatic heterocycles. The van der Waals surface area contributed by atoms with Gasteiger partial charge in [-0.05, 0) is 67.6 Å². The van der Waals surface area contributed by atoms with E-state index in [9.17, 15) is 9.18 Å². The van der Waals surface area contributed by atoms with Crippen LogP contribution >= 0.6 is 0 Å². The molecule has 3 aromatic rings. The second-order valence-corrected chi connectivity index (χ2v) is 7.42. The largest absolute Gasteiger partial charge is 0.363 e. The van der Waals surface area contributed by atoms with Crippen LogP contribution in [0.15, 0.2) is 48.5 Å². The molecule has 136 valence electrons. The number of hydrogen-bond acceptors (Lipinski definition) is 3. The number of fused-ring (bicyclic) bond motifs is 2. The van der Waals surface area contributed by atoms with E-state index in [1.54, 1.807) is 6.07 Å². The second-order valence-electron chi connectivity index (χ2n) is 7.42. The van der Waals surface area contributed by atoms with Gasteiger partial charge in [0, 0.05) is 22.6 Å². The molecule has 1 saturated carbocycles. The number of pyridine rings is 1. The minimum atomic E-state index is -0.153. The van der Waals surface area contributed by atoms with Gasteiger partial charge in [0.1, 0.15) is 11.6 Å². The Labute approximate surface area is 156 Å². The fourth-order valence-corrected chi connectivity index (χ4v) is 3.83. The number of halogens is 1. The number of aromatic nitrogens is 1. The summed E-state index contributed by atoms with van der Waals surface area (Å²) in [7, 11) is 0. The molecule has 2 aliphatic carbocycles. The number of carbonyl (C=O) groups is 1. The molecule has 1 heterocycles. The zero-order valence-corrected chi connectivity index (χ0v) is 14.8. The van der Waals surface area contributed by atoms with Crippen molar-refractivity contribution in [3.63, 3.8) is 0 Å². The number of rotatable bonds is 4. The van der Waals surface area contributed by atoms with E-state index in [1.807, 2.05) is 36.4 Å². The van der Waals surface area contributed by atoms with Crippen molar-refractivity contribution < 1.29 is 9.18 Å². The summed E-state index contributed by atoms with van der Waals surface area (Å²) < 4.78 is 14.2. The first kappa shape index (κ1) is 16.2. The Bertz CT molecular complexity index is 1040. The summed E-state index contributed by atoms with van der Waals surface area (Å²) in [6, 6.07) is 14.8. The van der Waals surface area contributed by atoms with Crippen molar-refractivity contribution in [2.24, 2.45) is 5.92 Å². The molecule has 1 amide bonds. The van der Waals surface area contributed by atoms with Crippen LogP contribution in [0.4, 0.5) is 15.9 Å². The van der Waals surface area contributed by atoms with Crippen LogP contribution in [0, 0.1) is 11.7 Å². The third-order valence-electron chi connectivity index (χ3n) is 5.42. The lowest BCUT2D eigenvalue weighted by Gasteiger charge is -2.16. The van der Waals surface area contributed by atoms with Gasteiger partial charge in [0.25, 0.3) is 0 Å². The molecule has 5 heteroatoms. The van der Waals surface area contributed by atoms with Crippen LogP contribution in [-0.2, 0) is 11.2 Å². The summed E-state index contributed by atoms with van der Waals surface area (Å²) in [6.07, 6.45) is 3.71. The van der Waals surface area contributed by atoms with Gasteiger partial charge in [-0.25, -0.2) is 9.37 Å². The van der Waals surface area contributed by atoms with Crippen molar-refractivity contribution >= 4 is 28.3 Å². The zero-order valence-electron chi connectivity index (χ0n) is 14.8. The summed E-state index contributed by atoms with van der Waals surface area (Å²) in [4.78, 5) is 16.6. The topological polar surface area (TPSA) is 54.0 Å². The summed E-state index contributed by atoms with van der Waals surface area (Å²) in [6.45, 7) is 0. The number of nitrogens with one attached hydrogen (secondary N) is 2. The maximum Gasteiger partial charge on any atom is 0.227 e. The molecular weight excluding hydrogens is 341 g/mol. The Morgan fingerprint density at radius 1 is 1.07 bits per heavy atom. The zero-order chi connectivity index (χ0) is 18.4. The lowest BCUT2D eigenvalue weighted by atomic mass is 10.1. The van der Waals surface area contributed by atoms with Crippen LogP contribution in [0.25, 0.3) is 10.9 Å². The van der Waals surface area contributed by atoms with E-state index < -0.39 is 0 Å². The average Bonchev–Trinajstić information content (AvgIpc) is 3.44. The van der Waals surface area contributed by atoms with Crippen molar-refractivity contribution in [1.82, 2.24) is 4.98 Å². The lowest BCUT2D eigenvalue weighted by molar-refractivity contribution is -0.117. The fourth-order valence-electron chi connectivity index (χ4n) is 3.83. The first-order valence-corrected chi connectivity index (χ1v) is 9.43. The molecule has 0 bridgehead atoms. The van der Waals surface area contributed by atoms with Gasteiger partial charge in [0.2, 0.25) is 5.91 Å². The first-order chi connectivity index (χ1) is 13.2. The minimum Gasteiger partial charge on any atom is -0.363 e. The number of aryl methyl sites for hydroxylation is 1. The van der Waals surface area contributed by atoms with Crippen molar-refractivity contribution in [2.45, 2.75) is 31.7 Å². The number of hydrogen-bond donors (Lipinski definition) is 2. The van der Waals surface area contributed by atoms with Crippen LogP contribution in [-0.4, -0.2) is 10.9 Å². The third kappa shape index (κ3) is 3.14. The number of benzene rings is 2. The molecule has 5 rings (SSSR count). The highest BCUT2D eigenvalue weighted by Crippen LogP contribution is 2.35. The molecule has 1 unspecified atom stereocenters. The predicted octanol–water partition coefficient (Wildman–Crippen LogP) is 4.82. The van der Waals surface area contributed by atoms with E-state index in [-0.39, 0.29) is 23.7 Å². The van der Waals surface area contributed by atoms with Gasteiger partial charge in [-0.1, -0.05) is 12.1 Å². The van der Waals surface area contributed by atoms with E-state index in [1.165, 1.54) is 6.07 Å². The normalized spacial score (nSPS) is 18.3. The van der Waals surface area contributed by atoms with Gasteiger partial charge < -0.3 is 10.6 Å². The molecule has 0 saturated heterocycles. The van der Waals surface area contributed by atoms with Gasteiger partial charge in [0.05, 0.1) is 11.6 Å². The Morgan fingerprint density at radius 2 is 1.96 bits per heavy atom. The van der Waals surface area contributed by atoms with Crippen LogP contribution in [0.2, 0.25) is 0 Å². The van der Waals surface area contributed by atoms with Gasteiger partial charge in [-0.15, -0.1) is 0 Å². The molecular formula is C22H20FN3O. The van der Waals surface area contributed by atoms with E-state index in [0.29, 0.717) is 0 Å². The average molecular weight is 361 g/mol. The van der Waals surface area contributed by atoms with E-state index in [2.05, 4.69) is 15.6 Å². The summed E-state index contributed by atoms with van der Waals surface area (Å²) >= 11 is 0. The third-order valence-corrected chi connectivity index (χ3v) is 5.42. The number of amides is 1. The molecule has 4 nitrogen and oxygen atoms in total. The summed E-state index contributed by atoms with van der Waals surface area (Å²) in [5.74, 6) is 0.861. The molecule has 2 aliphatic rings. The van der Waals surface area contributed by atoms with E-state index in [0.717, 1.165) is 59.2 Å². The molecule has 0 aliphatic heterocycles. The van der Waals surface area contributed by atoms with Gasteiger partial charge in [0.15, 0.2) is 0 Å². The van der Waals surface area contributed by atoms with Crippen LogP contribution < -0.4 is 10.6 Å². The standard InChI is InChI=1S/C22H20FN3O/c23-17-3-1-2-13-6-9-19(21(13)17)26-20-11-7-15-12-16(8-10-18(15)25-20)24-22(27)14-4-5-14/h1-3,7-8,10-12,14,19H,4-6,9H2,(H,24,27)(H,25,26). The summed E-state index contributed by atoms with van der Waals surface area (Å²) in [5, 5.41) is 7.31. The van der Waals surface area contributed by atoms with Crippen molar-refractivity contribution in [1.29, 1.82) is 0 Å². The molecule has 2 N–H and O–H groups in total. The lowest BCUT2D eigenvalue weighted by Crippen LogP contribution is -2.13. The Morgan fingerprint density at radius 3 is 2.81 bits per heavy atom. The minimum absolute atomic E-state index is 0.0525. The Hall–Kier alpha value is -2.95. The molecule has 0 radical (unpaired) electrons. The molecule has 1 fully saturated rings. The molecule has 0 spiro atoms. The highest BCUT2D eigenvalue weighted by atomic mass is 19.1. The number of nitrogens with zero attached hydrogens (tertiary/aromatic N) is 1. The highest BCUT2D eigenvalue weighted by Gasteiger charge is 2.29. The molecule has 2 aromatic carbocycles. The quantitative estimate of drug-likeness (QED) is 0.700. The van der Waals surface area contributed by atoms with Crippen molar-refractivity contribution in [3.8, 4) is 0 Å². The van der Waals surface area contributed by atoms with E-state index in [4.69, 9.17) is 0 Å². The number of anilines is 2. The van der Waals surface area contributed by atoms with Gasteiger partial charge >= 0.3 is 0 Å². The maximum absolute atomic E-state index is 14.2.